The van der Waals surface area contributed by atoms with E-state index < -0.39 is 22.2 Å². The van der Waals surface area contributed by atoms with E-state index in [1.807, 2.05) is 0 Å². The summed E-state index contributed by atoms with van der Waals surface area (Å²) in [5, 5.41) is 9.74. The van der Waals surface area contributed by atoms with E-state index in [1.165, 1.54) is 6.07 Å². The summed E-state index contributed by atoms with van der Waals surface area (Å²) >= 11 is 0. The molecule has 0 aromatic carbocycles. The van der Waals surface area contributed by atoms with Crippen LogP contribution < -0.4 is 10.3 Å². The van der Waals surface area contributed by atoms with E-state index >= 15 is 0 Å². The Kier molecular flexibility index (Phi) is 3.84. The van der Waals surface area contributed by atoms with Gasteiger partial charge in [-0.3, -0.25) is 4.79 Å². The molecule has 0 amide bonds. The van der Waals surface area contributed by atoms with E-state index in [4.69, 9.17) is 0 Å². The number of hydrogen-bond donors (Lipinski definition) is 3. The van der Waals surface area contributed by atoms with Crippen molar-refractivity contribution < 1.29 is 13.5 Å². The maximum atomic E-state index is 12.0. The molecule has 2 unspecified atom stereocenters. The second-order valence-electron chi connectivity index (χ2n) is 4.47. The van der Waals surface area contributed by atoms with Crippen molar-refractivity contribution in [3.8, 4) is 0 Å². The number of hydrogen-bond acceptors (Lipinski definition) is 4. The van der Waals surface area contributed by atoms with Gasteiger partial charge in [0.15, 0.2) is 0 Å². The van der Waals surface area contributed by atoms with Crippen molar-refractivity contribution in [2.24, 2.45) is 0 Å². The highest BCUT2D eigenvalue weighted by Crippen LogP contribution is 2.20. The second kappa shape index (κ2) is 5.21. The topological polar surface area (TPSA) is 99.3 Å². The molecule has 3 N–H and O–H groups in total. The molecular formula is C11H16N2O4S. The number of nitrogens with one attached hydrogen (secondary N) is 2. The summed E-state index contributed by atoms with van der Waals surface area (Å²) in [4.78, 5) is 13.2. The number of rotatable bonds is 3. The molecule has 0 saturated heterocycles. The van der Waals surface area contributed by atoms with Crippen molar-refractivity contribution in [2.75, 3.05) is 0 Å². The molecule has 1 aromatic rings. The van der Waals surface area contributed by atoms with Crippen LogP contribution in [0, 0.1) is 0 Å². The van der Waals surface area contributed by atoms with Crippen LogP contribution in [0.5, 0.6) is 0 Å². The molecule has 1 fully saturated rings. The number of pyridine rings is 1. The van der Waals surface area contributed by atoms with Crippen molar-refractivity contribution >= 4 is 10.0 Å². The van der Waals surface area contributed by atoms with E-state index in [-0.39, 0.29) is 10.5 Å². The number of sulfonamides is 1. The van der Waals surface area contributed by atoms with E-state index in [1.54, 1.807) is 0 Å². The molecule has 2 rings (SSSR count). The largest absolute Gasteiger partial charge is 0.391 e. The highest BCUT2D eigenvalue weighted by Gasteiger charge is 2.28. The average molecular weight is 272 g/mol. The number of aromatic nitrogens is 1. The van der Waals surface area contributed by atoms with Gasteiger partial charge in [0.05, 0.1) is 11.0 Å². The lowest BCUT2D eigenvalue weighted by atomic mass is 9.93. The van der Waals surface area contributed by atoms with Gasteiger partial charge in [-0.1, -0.05) is 12.8 Å². The number of aliphatic hydroxyl groups is 1. The predicted octanol–water partition coefficient (Wildman–Crippen LogP) is -0.0433. The highest BCUT2D eigenvalue weighted by molar-refractivity contribution is 7.89. The van der Waals surface area contributed by atoms with E-state index in [0.717, 1.165) is 25.1 Å². The Hall–Kier alpha value is -1.18. The first kappa shape index (κ1) is 13.3. The zero-order valence-electron chi connectivity index (χ0n) is 9.80. The molecule has 2 atom stereocenters. The lowest BCUT2D eigenvalue weighted by Gasteiger charge is -2.27. The SMILES string of the molecule is O=c1ccc(S(=O)(=O)NC2CCCCC2O)c[nH]1. The van der Waals surface area contributed by atoms with Crippen molar-refractivity contribution in [2.45, 2.75) is 42.7 Å². The van der Waals surface area contributed by atoms with Crippen LogP contribution in [0.4, 0.5) is 0 Å². The molecule has 1 aliphatic rings. The summed E-state index contributed by atoms with van der Waals surface area (Å²) in [5.74, 6) is 0. The fourth-order valence-corrected chi connectivity index (χ4v) is 3.35. The Morgan fingerprint density at radius 2 is 2.00 bits per heavy atom. The van der Waals surface area contributed by atoms with Crippen LogP contribution in [-0.2, 0) is 10.0 Å². The molecule has 100 valence electrons. The van der Waals surface area contributed by atoms with Gasteiger partial charge in [-0.05, 0) is 18.9 Å². The Balaban J connectivity index is 2.16. The third-order valence-electron chi connectivity index (χ3n) is 3.10. The average Bonchev–Trinajstić information content (AvgIpc) is 2.32. The fourth-order valence-electron chi connectivity index (χ4n) is 2.08. The monoisotopic (exact) mass is 272 g/mol. The lowest BCUT2D eigenvalue weighted by Crippen LogP contribution is -2.45. The van der Waals surface area contributed by atoms with Gasteiger partial charge in [0.2, 0.25) is 15.6 Å². The molecule has 0 bridgehead atoms. The molecular weight excluding hydrogens is 256 g/mol. The number of aromatic amines is 1. The zero-order valence-corrected chi connectivity index (χ0v) is 10.6. The van der Waals surface area contributed by atoms with Gasteiger partial charge < -0.3 is 10.1 Å². The van der Waals surface area contributed by atoms with Gasteiger partial charge in [-0.15, -0.1) is 0 Å². The van der Waals surface area contributed by atoms with Gasteiger partial charge in [-0.25, -0.2) is 13.1 Å². The highest BCUT2D eigenvalue weighted by atomic mass is 32.2. The summed E-state index contributed by atoms with van der Waals surface area (Å²) in [6, 6.07) is 1.96. The molecule has 1 aliphatic carbocycles. The molecule has 18 heavy (non-hydrogen) atoms. The Morgan fingerprint density at radius 3 is 2.61 bits per heavy atom. The minimum atomic E-state index is -3.69. The van der Waals surface area contributed by atoms with Crippen molar-refractivity contribution in [1.82, 2.24) is 9.71 Å². The Labute approximate surface area is 105 Å². The third-order valence-corrected chi connectivity index (χ3v) is 4.59. The Bertz CT molecular complexity index is 546. The van der Waals surface area contributed by atoms with E-state index in [9.17, 15) is 18.3 Å². The summed E-state index contributed by atoms with van der Waals surface area (Å²) in [6.45, 7) is 0. The quantitative estimate of drug-likeness (QED) is 0.718. The van der Waals surface area contributed by atoms with Crippen LogP contribution in [0.3, 0.4) is 0 Å². The first-order valence-electron chi connectivity index (χ1n) is 5.88. The Morgan fingerprint density at radius 1 is 1.28 bits per heavy atom. The standard InChI is InChI=1S/C11H16N2O4S/c14-10-4-2-1-3-9(10)13-18(16,17)8-5-6-11(15)12-7-8/h5-7,9-10,13-14H,1-4H2,(H,12,15). The van der Waals surface area contributed by atoms with Crippen LogP contribution in [0.1, 0.15) is 25.7 Å². The molecule has 1 saturated carbocycles. The van der Waals surface area contributed by atoms with Gasteiger partial charge in [0.1, 0.15) is 0 Å². The molecule has 0 aliphatic heterocycles. The van der Waals surface area contributed by atoms with Crippen molar-refractivity contribution in [1.29, 1.82) is 0 Å². The molecule has 6 nitrogen and oxygen atoms in total. The van der Waals surface area contributed by atoms with Crippen LogP contribution in [0.15, 0.2) is 28.0 Å². The van der Waals surface area contributed by atoms with Gasteiger partial charge in [0, 0.05) is 18.3 Å². The van der Waals surface area contributed by atoms with E-state index in [2.05, 4.69) is 9.71 Å². The van der Waals surface area contributed by atoms with Crippen molar-refractivity contribution in [3.63, 3.8) is 0 Å². The van der Waals surface area contributed by atoms with Gasteiger partial charge >= 0.3 is 0 Å². The lowest BCUT2D eigenvalue weighted by molar-refractivity contribution is 0.101. The third kappa shape index (κ3) is 2.98. The molecule has 7 heteroatoms. The van der Waals surface area contributed by atoms with Gasteiger partial charge in [-0.2, -0.15) is 0 Å². The summed E-state index contributed by atoms with van der Waals surface area (Å²) in [6.07, 6.45) is 3.56. The maximum Gasteiger partial charge on any atom is 0.247 e. The van der Waals surface area contributed by atoms with Gasteiger partial charge in [0.25, 0.3) is 0 Å². The van der Waals surface area contributed by atoms with Crippen LogP contribution in [0.2, 0.25) is 0 Å². The first-order valence-corrected chi connectivity index (χ1v) is 7.36. The summed E-state index contributed by atoms with van der Waals surface area (Å²) < 4.78 is 26.5. The summed E-state index contributed by atoms with van der Waals surface area (Å²) in [5.41, 5.74) is -0.355. The van der Waals surface area contributed by atoms with Crippen molar-refractivity contribution in [3.05, 3.63) is 28.7 Å². The van der Waals surface area contributed by atoms with Crippen LogP contribution >= 0.6 is 0 Å². The van der Waals surface area contributed by atoms with Crippen LogP contribution in [0.25, 0.3) is 0 Å². The first-order chi connectivity index (χ1) is 8.49. The number of aliphatic hydroxyl groups excluding tert-OH is 1. The molecule has 0 radical (unpaired) electrons. The van der Waals surface area contributed by atoms with Crippen LogP contribution in [-0.4, -0.2) is 30.7 Å². The molecule has 0 spiro atoms. The smallest absolute Gasteiger partial charge is 0.247 e. The fraction of sp³-hybridized carbons (Fsp3) is 0.545. The maximum absolute atomic E-state index is 12.0. The minimum absolute atomic E-state index is 0.000117. The number of H-pyrrole nitrogens is 1. The zero-order chi connectivity index (χ0) is 13.2. The van der Waals surface area contributed by atoms with E-state index in [0.29, 0.717) is 12.8 Å². The molecule has 1 heterocycles. The summed E-state index contributed by atoms with van der Waals surface area (Å²) in [7, 11) is -3.69. The normalized spacial score (nSPS) is 24.9. The molecule has 1 aromatic heterocycles. The second-order valence-corrected chi connectivity index (χ2v) is 6.18. The minimum Gasteiger partial charge on any atom is -0.391 e. The predicted molar refractivity (Wildman–Crippen MR) is 65.6 cm³/mol.